The minimum absolute atomic E-state index is 0.0119. The van der Waals surface area contributed by atoms with Gasteiger partial charge < -0.3 is 10.2 Å². The number of benzene rings is 2. The van der Waals surface area contributed by atoms with E-state index in [4.69, 9.17) is 11.6 Å². The van der Waals surface area contributed by atoms with Crippen LogP contribution in [-0.2, 0) is 6.54 Å². The van der Waals surface area contributed by atoms with Gasteiger partial charge in [-0.2, -0.15) is 0 Å². The smallest absolute Gasteiger partial charge is 0.321 e. The van der Waals surface area contributed by atoms with Crippen LogP contribution in [0.15, 0.2) is 54.6 Å². The van der Waals surface area contributed by atoms with Gasteiger partial charge >= 0.3 is 6.03 Å². The summed E-state index contributed by atoms with van der Waals surface area (Å²) in [4.78, 5) is 16.6. The number of hydrogen-bond donors (Lipinski definition) is 1. The Morgan fingerprint density at radius 2 is 1.88 bits per heavy atom. The molecule has 5 heteroatoms. The van der Waals surface area contributed by atoms with Crippen LogP contribution in [0.4, 0.5) is 10.5 Å². The predicted octanol–water partition coefficient (Wildman–Crippen LogP) is 4.47. The summed E-state index contributed by atoms with van der Waals surface area (Å²) in [6.07, 6.45) is 1.97. The maximum absolute atomic E-state index is 12.4. The Kier molecular flexibility index (Phi) is 5.95. The minimum Gasteiger partial charge on any atom is -0.324 e. The summed E-state index contributed by atoms with van der Waals surface area (Å²) in [6.45, 7) is 2.44. The van der Waals surface area contributed by atoms with Crippen molar-refractivity contribution in [1.82, 2.24) is 9.80 Å². The summed E-state index contributed by atoms with van der Waals surface area (Å²) in [5.74, 6) is 0. The molecule has 1 heterocycles. The van der Waals surface area contributed by atoms with E-state index < -0.39 is 0 Å². The maximum atomic E-state index is 12.4. The Labute approximate surface area is 154 Å². The molecule has 0 aromatic heterocycles. The first-order valence-electron chi connectivity index (χ1n) is 8.67. The zero-order valence-corrected chi connectivity index (χ0v) is 15.2. The lowest BCUT2D eigenvalue weighted by Gasteiger charge is -2.36. The Balaban J connectivity index is 1.48. The van der Waals surface area contributed by atoms with Crippen molar-refractivity contribution < 1.29 is 4.79 Å². The summed E-state index contributed by atoms with van der Waals surface area (Å²) in [6, 6.07) is 18.1. The van der Waals surface area contributed by atoms with Gasteiger partial charge in [-0.3, -0.25) is 4.90 Å². The third-order valence-corrected chi connectivity index (χ3v) is 4.96. The van der Waals surface area contributed by atoms with Crippen LogP contribution in [0.2, 0.25) is 5.02 Å². The number of piperidine rings is 1. The van der Waals surface area contributed by atoms with Gasteiger partial charge in [-0.1, -0.05) is 41.9 Å². The van der Waals surface area contributed by atoms with Crippen molar-refractivity contribution in [3.05, 3.63) is 65.2 Å². The standard InChI is InChI=1S/C20H24ClN3O/c1-23(15-16-6-5-7-17(21)14-16)19-10-12-24(13-11-19)20(25)22-18-8-3-2-4-9-18/h2-9,14,19H,10-13,15H2,1H3,(H,22,25). The Morgan fingerprint density at radius 3 is 2.56 bits per heavy atom. The second-order valence-corrected chi connectivity index (χ2v) is 7.00. The van der Waals surface area contributed by atoms with E-state index >= 15 is 0 Å². The fraction of sp³-hybridized carbons (Fsp3) is 0.350. The topological polar surface area (TPSA) is 35.6 Å². The third-order valence-electron chi connectivity index (χ3n) is 4.72. The molecule has 1 saturated heterocycles. The summed E-state index contributed by atoms with van der Waals surface area (Å²) < 4.78 is 0. The van der Waals surface area contributed by atoms with Crippen LogP contribution in [0.1, 0.15) is 18.4 Å². The van der Waals surface area contributed by atoms with Gasteiger partial charge in [0.15, 0.2) is 0 Å². The van der Waals surface area contributed by atoms with E-state index in [1.54, 1.807) is 0 Å². The molecular formula is C20H24ClN3O. The maximum Gasteiger partial charge on any atom is 0.321 e. The molecule has 1 N–H and O–H groups in total. The van der Waals surface area contributed by atoms with Crippen molar-refractivity contribution in [1.29, 1.82) is 0 Å². The van der Waals surface area contributed by atoms with Crippen LogP contribution >= 0.6 is 11.6 Å². The number of para-hydroxylation sites is 1. The number of nitrogens with zero attached hydrogens (tertiary/aromatic N) is 2. The quantitative estimate of drug-likeness (QED) is 0.876. The first-order valence-corrected chi connectivity index (χ1v) is 9.05. The van der Waals surface area contributed by atoms with E-state index in [-0.39, 0.29) is 6.03 Å². The number of amides is 2. The molecule has 2 aromatic carbocycles. The fourth-order valence-electron chi connectivity index (χ4n) is 3.29. The molecule has 2 amide bonds. The molecule has 3 rings (SSSR count). The highest BCUT2D eigenvalue weighted by atomic mass is 35.5. The SMILES string of the molecule is CN(Cc1cccc(Cl)c1)C1CCN(C(=O)Nc2ccccc2)CC1. The van der Waals surface area contributed by atoms with Crippen LogP contribution in [-0.4, -0.2) is 42.0 Å². The van der Waals surface area contributed by atoms with E-state index in [1.807, 2.05) is 53.4 Å². The van der Waals surface area contributed by atoms with Gasteiger partial charge in [0.2, 0.25) is 0 Å². The molecule has 1 aliphatic rings. The minimum atomic E-state index is -0.0119. The number of rotatable bonds is 4. The average Bonchev–Trinajstić information content (AvgIpc) is 2.62. The predicted molar refractivity (Wildman–Crippen MR) is 103 cm³/mol. The van der Waals surface area contributed by atoms with Gasteiger partial charge in [0, 0.05) is 36.4 Å². The number of nitrogens with one attached hydrogen (secondary N) is 1. The van der Waals surface area contributed by atoms with Gasteiger partial charge in [0.25, 0.3) is 0 Å². The lowest BCUT2D eigenvalue weighted by Crippen LogP contribution is -2.46. The number of carbonyl (C=O) groups excluding carboxylic acids is 1. The molecule has 0 spiro atoms. The normalized spacial score (nSPS) is 15.4. The molecule has 25 heavy (non-hydrogen) atoms. The molecule has 0 radical (unpaired) electrons. The number of urea groups is 1. The molecule has 132 valence electrons. The Hall–Kier alpha value is -2.04. The molecule has 0 unspecified atom stereocenters. The number of likely N-dealkylation sites (tertiary alicyclic amines) is 1. The molecule has 1 fully saturated rings. The Bertz CT molecular complexity index is 699. The van der Waals surface area contributed by atoms with E-state index in [1.165, 1.54) is 5.56 Å². The number of hydrogen-bond acceptors (Lipinski definition) is 2. The number of carbonyl (C=O) groups is 1. The second-order valence-electron chi connectivity index (χ2n) is 6.56. The monoisotopic (exact) mass is 357 g/mol. The van der Waals surface area contributed by atoms with E-state index in [2.05, 4.69) is 23.3 Å². The van der Waals surface area contributed by atoms with Gasteiger partial charge in [0.1, 0.15) is 0 Å². The Morgan fingerprint density at radius 1 is 1.16 bits per heavy atom. The van der Waals surface area contributed by atoms with Crippen LogP contribution in [0, 0.1) is 0 Å². The summed E-state index contributed by atoms with van der Waals surface area (Å²) >= 11 is 6.06. The van der Waals surface area contributed by atoms with Crippen molar-refractivity contribution in [2.75, 3.05) is 25.5 Å². The van der Waals surface area contributed by atoms with Crippen molar-refractivity contribution in [3.63, 3.8) is 0 Å². The van der Waals surface area contributed by atoms with Gasteiger partial charge in [-0.25, -0.2) is 4.79 Å². The van der Waals surface area contributed by atoms with Crippen molar-refractivity contribution in [2.24, 2.45) is 0 Å². The van der Waals surface area contributed by atoms with Gasteiger partial charge in [0.05, 0.1) is 0 Å². The molecule has 0 saturated carbocycles. The summed E-state index contributed by atoms with van der Waals surface area (Å²) in [7, 11) is 2.14. The molecule has 1 aliphatic heterocycles. The summed E-state index contributed by atoms with van der Waals surface area (Å²) in [5.41, 5.74) is 2.06. The van der Waals surface area contributed by atoms with Crippen LogP contribution in [0.5, 0.6) is 0 Å². The highest BCUT2D eigenvalue weighted by Gasteiger charge is 2.25. The first kappa shape index (κ1) is 17.8. The molecule has 0 aliphatic carbocycles. The molecule has 0 bridgehead atoms. The molecular weight excluding hydrogens is 334 g/mol. The zero-order valence-electron chi connectivity index (χ0n) is 14.5. The lowest BCUT2D eigenvalue weighted by molar-refractivity contribution is 0.137. The van der Waals surface area contributed by atoms with Gasteiger partial charge in [-0.15, -0.1) is 0 Å². The van der Waals surface area contributed by atoms with Crippen LogP contribution < -0.4 is 5.32 Å². The third kappa shape index (κ3) is 4.97. The van der Waals surface area contributed by atoms with E-state index in [0.717, 1.165) is 43.2 Å². The van der Waals surface area contributed by atoms with Crippen molar-refractivity contribution in [3.8, 4) is 0 Å². The van der Waals surface area contributed by atoms with Crippen molar-refractivity contribution in [2.45, 2.75) is 25.4 Å². The highest BCUT2D eigenvalue weighted by molar-refractivity contribution is 6.30. The average molecular weight is 358 g/mol. The van der Waals surface area contributed by atoms with Crippen LogP contribution in [0.25, 0.3) is 0 Å². The molecule has 4 nitrogen and oxygen atoms in total. The largest absolute Gasteiger partial charge is 0.324 e. The first-order chi connectivity index (χ1) is 12.1. The van der Waals surface area contributed by atoms with Crippen molar-refractivity contribution >= 4 is 23.3 Å². The molecule has 0 atom stereocenters. The summed E-state index contributed by atoms with van der Waals surface area (Å²) in [5, 5.41) is 3.74. The zero-order chi connectivity index (χ0) is 17.6. The van der Waals surface area contributed by atoms with Crippen LogP contribution in [0.3, 0.4) is 0 Å². The van der Waals surface area contributed by atoms with E-state index in [9.17, 15) is 4.79 Å². The van der Waals surface area contributed by atoms with E-state index in [0.29, 0.717) is 6.04 Å². The number of anilines is 1. The van der Waals surface area contributed by atoms with Gasteiger partial charge in [-0.05, 0) is 49.7 Å². The molecule has 2 aromatic rings. The highest BCUT2D eigenvalue weighted by Crippen LogP contribution is 2.20. The fourth-order valence-corrected chi connectivity index (χ4v) is 3.50. The number of halogens is 1. The second kappa shape index (κ2) is 8.37. The lowest BCUT2D eigenvalue weighted by atomic mass is 10.0.